The summed E-state index contributed by atoms with van der Waals surface area (Å²) in [6.45, 7) is 2.26. The van der Waals surface area contributed by atoms with Crippen molar-refractivity contribution >= 4 is 5.96 Å². The summed E-state index contributed by atoms with van der Waals surface area (Å²) in [5.41, 5.74) is 5.11. The minimum Gasteiger partial charge on any atom is -0.370 e. The van der Waals surface area contributed by atoms with Crippen molar-refractivity contribution in [2.24, 2.45) is 5.73 Å². The summed E-state index contributed by atoms with van der Waals surface area (Å²) in [5, 5.41) is 16.4. The summed E-state index contributed by atoms with van der Waals surface area (Å²) in [6.07, 6.45) is 2.45. The lowest BCUT2D eigenvalue weighted by Gasteiger charge is -2.04. The molecule has 0 saturated heterocycles. The first-order valence-corrected chi connectivity index (χ1v) is 4.47. The molecule has 0 fully saturated rings. The molecule has 0 unspecified atom stereocenters. The van der Waals surface area contributed by atoms with Crippen molar-refractivity contribution in [1.29, 1.82) is 5.41 Å². The Morgan fingerprint density at radius 1 is 1.50 bits per heavy atom. The van der Waals surface area contributed by atoms with Crippen molar-refractivity contribution in [2.45, 2.75) is 6.42 Å². The van der Waals surface area contributed by atoms with Crippen LogP contribution in [0.25, 0.3) is 0 Å². The van der Waals surface area contributed by atoms with E-state index in [1.807, 2.05) is 6.07 Å². The molecular weight excluding hydrogens is 182 g/mol. The van der Waals surface area contributed by atoms with E-state index in [-0.39, 0.29) is 5.96 Å². The first kappa shape index (κ1) is 10.5. The van der Waals surface area contributed by atoms with Crippen LogP contribution in [0.2, 0.25) is 0 Å². The van der Waals surface area contributed by atoms with Crippen LogP contribution in [-0.2, 0) is 6.42 Å². The minimum atomic E-state index is 0.00188. The van der Waals surface area contributed by atoms with Gasteiger partial charge in [-0.25, -0.2) is 0 Å². The zero-order valence-corrected chi connectivity index (χ0v) is 7.92. The molecule has 14 heavy (non-hydrogen) atoms. The van der Waals surface area contributed by atoms with Crippen LogP contribution in [0, 0.1) is 5.41 Å². The second-order valence-corrected chi connectivity index (χ2v) is 2.82. The first-order valence-electron chi connectivity index (χ1n) is 4.47. The number of nitrogens with two attached hydrogens (primary N) is 1. The molecule has 0 saturated carbocycles. The van der Waals surface area contributed by atoms with Crippen LogP contribution in [0.1, 0.15) is 5.76 Å². The Bertz CT molecular complexity index is 259. The highest BCUT2D eigenvalue weighted by molar-refractivity contribution is 5.74. The maximum absolute atomic E-state index is 6.90. The summed E-state index contributed by atoms with van der Waals surface area (Å²) >= 11 is 0. The quantitative estimate of drug-likeness (QED) is 0.274. The van der Waals surface area contributed by atoms with Gasteiger partial charge in [-0.1, -0.05) is 5.16 Å². The number of rotatable bonds is 6. The van der Waals surface area contributed by atoms with Gasteiger partial charge >= 0.3 is 0 Å². The Labute approximate surface area is 82.3 Å². The fraction of sp³-hybridized carbons (Fsp3) is 0.500. The average Bonchev–Trinajstić information content (AvgIpc) is 2.63. The van der Waals surface area contributed by atoms with Crippen LogP contribution >= 0.6 is 0 Å². The SMILES string of the molecule is N=C(N)NCCNCCc1ccno1. The van der Waals surface area contributed by atoms with Crippen LogP contribution < -0.4 is 16.4 Å². The van der Waals surface area contributed by atoms with E-state index in [0.717, 1.165) is 25.3 Å². The fourth-order valence-corrected chi connectivity index (χ4v) is 0.993. The van der Waals surface area contributed by atoms with Crippen molar-refractivity contribution in [3.63, 3.8) is 0 Å². The molecule has 5 N–H and O–H groups in total. The van der Waals surface area contributed by atoms with Crippen molar-refractivity contribution in [3.05, 3.63) is 18.0 Å². The van der Waals surface area contributed by atoms with Gasteiger partial charge in [0.2, 0.25) is 0 Å². The Hall–Kier alpha value is -1.56. The van der Waals surface area contributed by atoms with E-state index < -0.39 is 0 Å². The molecule has 0 aliphatic heterocycles. The van der Waals surface area contributed by atoms with Crippen LogP contribution in [0.4, 0.5) is 0 Å². The number of aromatic nitrogens is 1. The molecular formula is C8H15N5O. The van der Waals surface area contributed by atoms with Crippen molar-refractivity contribution < 1.29 is 4.52 Å². The van der Waals surface area contributed by atoms with Crippen molar-refractivity contribution in [1.82, 2.24) is 15.8 Å². The highest BCUT2D eigenvalue weighted by Crippen LogP contribution is 1.95. The molecule has 0 aliphatic carbocycles. The number of hydrogen-bond acceptors (Lipinski definition) is 4. The molecule has 0 spiro atoms. The van der Waals surface area contributed by atoms with E-state index >= 15 is 0 Å². The van der Waals surface area contributed by atoms with Crippen LogP contribution in [0.15, 0.2) is 16.8 Å². The normalized spacial score (nSPS) is 10.0. The Morgan fingerprint density at radius 3 is 3.00 bits per heavy atom. The molecule has 0 radical (unpaired) electrons. The number of hydrogen-bond donors (Lipinski definition) is 4. The predicted molar refractivity (Wildman–Crippen MR) is 53.0 cm³/mol. The number of nitrogens with zero attached hydrogens (tertiary/aromatic N) is 1. The smallest absolute Gasteiger partial charge is 0.185 e. The molecule has 78 valence electrons. The third-order valence-corrected chi connectivity index (χ3v) is 1.66. The molecule has 1 aromatic heterocycles. The van der Waals surface area contributed by atoms with Gasteiger partial charge in [-0.05, 0) is 0 Å². The Kier molecular flexibility index (Phi) is 4.49. The summed E-state index contributed by atoms with van der Waals surface area (Å²) in [6, 6.07) is 1.84. The lowest BCUT2D eigenvalue weighted by atomic mass is 10.3. The third kappa shape index (κ3) is 4.46. The van der Waals surface area contributed by atoms with Gasteiger partial charge in [0.05, 0.1) is 6.20 Å². The summed E-state index contributed by atoms with van der Waals surface area (Å²) in [4.78, 5) is 0. The zero-order valence-electron chi connectivity index (χ0n) is 7.92. The van der Waals surface area contributed by atoms with Gasteiger partial charge in [0, 0.05) is 32.1 Å². The second-order valence-electron chi connectivity index (χ2n) is 2.82. The second kappa shape index (κ2) is 5.98. The summed E-state index contributed by atoms with van der Waals surface area (Å²) in [5.74, 6) is 0.874. The highest BCUT2D eigenvalue weighted by atomic mass is 16.5. The van der Waals surface area contributed by atoms with E-state index in [1.54, 1.807) is 6.20 Å². The molecule has 0 aromatic carbocycles. The molecule has 0 amide bonds. The van der Waals surface area contributed by atoms with Gasteiger partial charge in [0.25, 0.3) is 0 Å². The van der Waals surface area contributed by atoms with Gasteiger partial charge in [-0.2, -0.15) is 0 Å². The predicted octanol–water partition coefficient (Wildman–Crippen LogP) is -0.710. The maximum atomic E-state index is 6.90. The molecule has 0 atom stereocenters. The average molecular weight is 197 g/mol. The van der Waals surface area contributed by atoms with Gasteiger partial charge in [-0.15, -0.1) is 0 Å². The Morgan fingerprint density at radius 2 is 2.36 bits per heavy atom. The zero-order chi connectivity index (χ0) is 10.2. The van der Waals surface area contributed by atoms with Gasteiger partial charge in [0.15, 0.2) is 5.96 Å². The molecule has 6 heteroatoms. The number of guanidine groups is 1. The molecule has 1 heterocycles. The lowest BCUT2D eigenvalue weighted by Crippen LogP contribution is -2.36. The molecule has 0 bridgehead atoms. The van der Waals surface area contributed by atoms with E-state index in [0.29, 0.717) is 6.54 Å². The largest absolute Gasteiger partial charge is 0.370 e. The van der Waals surface area contributed by atoms with Gasteiger partial charge in [-0.3, -0.25) is 5.41 Å². The van der Waals surface area contributed by atoms with E-state index in [9.17, 15) is 0 Å². The van der Waals surface area contributed by atoms with E-state index in [1.165, 1.54) is 0 Å². The standard InChI is InChI=1S/C8H15N5O/c9-8(10)12-6-5-11-3-1-7-2-4-13-14-7/h2,4,11H,1,3,5-6H2,(H4,9,10,12). The molecule has 1 rings (SSSR count). The van der Waals surface area contributed by atoms with Crippen LogP contribution in [-0.4, -0.2) is 30.8 Å². The van der Waals surface area contributed by atoms with Crippen molar-refractivity contribution in [2.75, 3.05) is 19.6 Å². The molecule has 1 aromatic rings. The summed E-state index contributed by atoms with van der Waals surface area (Å²) < 4.78 is 4.92. The third-order valence-electron chi connectivity index (χ3n) is 1.66. The topological polar surface area (TPSA) is 100.0 Å². The fourth-order valence-electron chi connectivity index (χ4n) is 0.993. The Balaban J connectivity index is 1.92. The number of nitrogens with one attached hydrogen (secondary N) is 3. The van der Waals surface area contributed by atoms with Crippen LogP contribution in [0.3, 0.4) is 0 Å². The molecule has 6 nitrogen and oxygen atoms in total. The highest BCUT2D eigenvalue weighted by Gasteiger charge is 1.95. The summed E-state index contributed by atoms with van der Waals surface area (Å²) in [7, 11) is 0. The maximum Gasteiger partial charge on any atom is 0.185 e. The van der Waals surface area contributed by atoms with E-state index in [2.05, 4.69) is 15.8 Å². The van der Waals surface area contributed by atoms with Crippen molar-refractivity contribution in [3.8, 4) is 0 Å². The first-order chi connectivity index (χ1) is 6.79. The van der Waals surface area contributed by atoms with E-state index in [4.69, 9.17) is 15.7 Å². The van der Waals surface area contributed by atoms with Crippen LogP contribution in [0.5, 0.6) is 0 Å². The lowest BCUT2D eigenvalue weighted by molar-refractivity contribution is 0.381. The monoisotopic (exact) mass is 197 g/mol. The minimum absolute atomic E-state index is 0.00188. The molecule has 0 aliphatic rings. The van der Waals surface area contributed by atoms with Gasteiger partial charge < -0.3 is 20.9 Å². The van der Waals surface area contributed by atoms with Gasteiger partial charge in [0.1, 0.15) is 5.76 Å².